The molecule has 1 aromatic heterocycles. The summed E-state index contributed by atoms with van der Waals surface area (Å²) in [7, 11) is 0. The number of hydrazone groups is 1. The number of aromatic nitrogens is 3. The van der Waals surface area contributed by atoms with Crippen LogP contribution < -0.4 is 15.6 Å². The normalized spacial score (nSPS) is 13.8. The second-order valence-corrected chi connectivity index (χ2v) is 8.03. The molecule has 0 unspecified atom stereocenters. The Morgan fingerprint density at radius 1 is 1.00 bits per heavy atom. The Labute approximate surface area is 199 Å². The van der Waals surface area contributed by atoms with E-state index in [2.05, 4.69) is 35.7 Å². The Bertz CT molecular complexity index is 1170. The van der Waals surface area contributed by atoms with Gasteiger partial charge < -0.3 is 10.2 Å². The summed E-state index contributed by atoms with van der Waals surface area (Å²) in [4.78, 5) is 26.1. The summed E-state index contributed by atoms with van der Waals surface area (Å²) in [5.74, 6) is 1.10. The number of piperidine rings is 1. The molecule has 2 N–H and O–H groups in total. The van der Waals surface area contributed by atoms with Gasteiger partial charge in [-0.2, -0.15) is 20.1 Å². The van der Waals surface area contributed by atoms with Gasteiger partial charge in [-0.3, -0.25) is 10.1 Å². The zero-order chi connectivity index (χ0) is 23.2. The molecule has 10 nitrogen and oxygen atoms in total. The highest BCUT2D eigenvalue weighted by Gasteiger charge is 2.18. The van der Waals surface area contributed by atoms with Gasteiger partial charge in [0.2, 0.25) is 17.8 Å². The number of halogens is 2. The fourth-order valence-electron chi connectivity index (χ4n) is 3.33. The number of benzene rings is 2. The minimum atomic E-state index is -0.582. The van der Waals surface area contributed by atoms with E-state index in [1.54, 1.807) is 0 Å². The lowest BCUT2D eigenvalue weighted by Crippen LogP contribution is -2.31. The smallest absolute Gasteiger partial charge is 0.288 e. The SMILES string of the molecule is O=[N+]([O-])c1ccc(Cl)c(/C=N\Nc2nc(Nc3ccccc3)nc(N3CCCCC3)n2)c1Cl. The third-order valence-corrected chi connectivity index (χ3v) is 5.68. The van der Waals surface area contributed by atoms with Crippen LogP contribution in [0.25, 0.3) is 0 Å². The first kappa shape index (κ1) is 22.7. The average Bonchev–Trinajstić information content (AvgIpc) is 2.82. The first-order valence-electron chi connectivity index (χ1n) is 10.3. The molecule has 12 heteroatoms. The summed E-state index contributed by atoms with van der Waals surface area (Å²) in [5, 5.41) is 18.5. The Balaban J connectivity index is 1.60. The van der Waals surface area contributed by atoms with E-state index in [0.29, 0.717) is 11.9 Å². The van der Waals surface area contributed by atoms with Crippen molar-refractivity contribution in [2.24, 2.45) is 5.10 Å². The van der Waals surface area contributed by atoms with E-state index in [4.69, 9.17) is 23.2 Å². The quantitative estimate of drug-likeness (QED) is 0.263. The molecule has 33 heavy (non-hydrogen) atoms. The van der Waals surface area contributed by atoms with Gasteiger partial charge in [0, 0.05) is 30.4 Å². The largest absolute Gasteiger partial charge is 0.341 e. The first-order chi connectivity index (χ1) is 16.0. The third-order valence-electron chi connectivity index (χ3n) is 4.95. The van der Waals surface area contributed by atoms with Gasteiger partial charge in [0.25, 0.3) is 5.69 Å². The van der Waals surface area contributed by atoms with Crippen molar-refractivity contribution in [1.29, 1.82) is 0 Å². The number of hydrogen-bond acceptors (Lipinski definition) is 9. The van der Waals surface area contributed by atoms with E-state index in [-0.39, 0.29) is 27.2 Å². The van der Waals surface area contributed by atoms with Gasteiger partial charge in [-0.25, -0.2) is 5.43 Å². The summed E-state index contributed by atoms with van der Waals surface area (Å²) >= 11 is 12.3. The van der Waals surface area contributed by atoms with E-state index < -0.39 is 4.92 Å². The maximum absolute atomic E-state index is 11.1. The highest BCUT2D eigenvalue weighted by atomic mass is 35.5. The van der Waals surface area contributed by atoms with E-state index in [1.165, 1.54) is 24.8 Å². The van der Waals surface area contributed by atoms with Crippen molar-refractivity contribution in [3.63, 3.8) is 0 Å². The van der Waals surface area contributed by atoms with Gasteiger partial charge in [0.15, 0.2) is 0 Å². The van der Waals surface area contributed by atoms with Gasteiger partial charge in [-0.1, -0.05) is 41.4 Å². The predicted octanol–water partition coefficient (Wildman–Crippen LogP) is 5.27. The van der Waals surface area contributed by atoms with Crippen LogP contribution in [0, 0.1) is 10.1 Å². The third kappa shape index (κ3) is 5.65. The molecule has 4 rings (SSSR count). The van der Waals surface area contributed by atoms with Crippen LogP contribution in [0.2, 0.25) is 10.0 Å². The minimum Gasteiger partial charge on any atom is -0.341 e. The summed E-state index contributed by atoms with van der Waals surface area (Å²) in [6.45, 7) is 1.72. The zero-order valence-electron chi connectivity index (χ0n) is 17.4. The molecule has 0 bridgehead atoms. The lowest BCUT2D eigenvalue weighted by Gasteiger charge is -2.26. The van der Waals surface area contributed by atoms with Crippen molar-refractivity contribution in [2.45, 2.75) is 19.3 Å². The molecule has 3 aromatic rings. The Morgan fingerprint density at radius 3 is 2.45 bits per heavy atom. The molecule has 0 amide bonds. The monoisotopic (exact) mass is 486 g/mol. The second-order valence-electron chi connectivity index (χ2n) is 7.24. The van der Waals surface area contributed by atoms with E-state index >= 15 is 0 Å². The molecule has 0 saturated carbocycles. The maximum Gasteiger partial charge on any atom is 0.288 e. The molecule has 1 saturated heterocycles. The fourth-order valence-corrected chi connectivity index (χ4v) is 3.87. The highest BCUT2D eigenvalue weighted by molar-refractivity contribution is 6.40. The lowest BCUT2D eigenvalue weighted by molar-refractivity contribution is -0.384. The van der Waals surface area contributed by atoms with Gasteiger partial charge in [0.05, 0.1) is 16.2 Å². The molecular weight excluding hydrogens is 467 g/mol. The van der Waals surface area contributed by atoms with E-state index in [0.717, 1.165) is 31.6 Å². The van der Waals surface area contributed by atoms with E-state index in [9.17, 15) is 10.1 Å². The highest BCUT2D eigenvalue weighted by Crippen LogP contribution is 2.32. The zero-order valence-corrected chi connectivity index (χ0v) is 18.9. The molecule has 0 atom stereocenters. The number of rotatable bonds is 7. The van der Waals surface area contributed by atoms with Crippen molar-refractivity contribution in [1.82, 2.24) is 15.0 Å². The summed E-state index contributed by atoms with van der Waals surface area (Å²) in [6, 6.07) is 12.2. The van der Waals surface area contributed by atoms with Crippen LogP contribution in [0.5, 0.6) is 0 Å². The molecule has 1 aliphatic rings. The van der Waals surface area contributed by atoms with Crippen molar-refractivity contribution in [3.8, 4) is 0 Å². The van der Waals surface area contributed by atoms with Gasteiger partial charge in [0.1, 0.15) is 5.02 Å². The van der Waals surface area contributed by atoms with Crippen molar-refractivity contribution in [2.75, 3.05) is 28.7 Å². The van der Waals surface area contributed by atoms with Crippen LogP contribution in [0.3, 0.4) is 0 Å². The maximum atomic E-state index is 11.1. The molecule has 1 aliphatic heterocycles. The number of nitrogens with one attached hydrogen (secondary N) is 2. The summed E-state index contributed by atoms with van der Waals surface area (Å²) < 4.78 is 0. The van der Waals surface area contributed by atoms with Gasteiger partial charge in [-0.15, -0.1) is 0 Å². The summed E-state index contributed by atoms with van der Waals surface area (Å²) in [6.07, 6.45) is 4.61. The van der Waals surface area contributed by atoms with E-state index in [1.807, 2.05) is 30.3 Å². The van der Waals surface area contributed by atoms with Crippen molar-refractivity contribution < 1.29 is 4.92 Å². The van der Waals surface area contributed by atoms with Crippen LogP contribution in [-0.2, 0) is 0 Å². The number of para-hydroxylation sites is 1. The number of nitrogens with zero attached hydrogens (tertiary/aromatic N) is 6. The molecule has 0 radical (unpaired) electrons. The Hall–Kier alpha value is -3.50. The standard InChI is InChI=1S/C21H20Cl2N8O2/c22-16-9-10-17(31(32)33)18(23)15(16)13-24-29-20-26-19(25-14-7-3-1-4-8-14)27-21(28-20)30-11-5-2-6-12-30/h1,3-4,7-10,13H,2,5-6,11-12H2,(H2,25,26,27,28,29)/b24-13-. The van der Waals surface area contributed by atoms with Crippen LogP contribution in [0.15, 0.2) is 47.6 Å². The average molecular weight is 487 g/mol. The number of nitro groups is 1. The fraction of sp³-hybridized carbons (Fsp3) is 0.238. The molecule has 170 valence electrons. The molecule has 2 heterocycles. The topological polar surface area (TPSA) is 121 Å². The van der Waals surface area contributed by atoms with Crippen molar-refractivity contribution in [3.05, 3.63) is 68.2 Å². The van der Waals surface area contributed by atoms with Crippen LogP contribution in [0.4, 0.5) is 29.2 Å². The molecular formula is C21H20Cl2N8O2. The number of nitro benzene ring substituents is 1. The Kier molecular flexibility index (Phi) is 7.16. The second kappa shape index (κ2) is 10.4. The molecule has 0 spiro atoms. The molecule has 2 aromatic carbocycles. The van der Waals surface area contributed by atoms with Gasteiger partial charge in [-0.05, 0) is 37.5 Å². The minimum absolute atomic E-state index is 0.103. The van der Waals surface area contributed by atoms with Crippen LogP contribution >= 0.6 is 23.2 Å². The Morgan fingerprint density at radius 2 is 1.73 bits per heavy atom. The number of hydrogen-bond donors (Lipinski definition) is 2. The van der Waals surface area contributed by atoms with Gasteiger partial charge >= 0.3 is 0 Å². The lowest BCUT2D eigenvalue weighted by atomic mass is 10.1. The molecule has 1 fully saturated rings. The van der Waals surface area contributed by atoms with Crippen LogP contribution in [-0.4, -0.2) is 39.2 Å². The predicted molar refractivity (Wildman–Crippen MR) is 130 cm³/mol. The molecule has 0 aliphatic carbocycles. The van der Waals surface area contributed by atoms with Crippen LogP contribution in [0.1, 0.15) is 24.8 Å². The van der Waals surface area contributed by atoms with Crippen molar-refractivity contribution >= 4 is 58.6 Å². The number of anilines is 4. The first-order valence-corrected chi connectivity index (χ1v) is 11.0. The summed E-state index contributed by atoms with van der Waals surface area (Å²) in [5.41, 5.74) is 3.54.